The molecule has 0 aliphatic heterocycles. The molecule has 0 bridgehead atoms. The van der Waals surface area contributed by atoms with E-state index in [0.717, 1.165) is 5.56 Å². The molecule has 96 valence electrons. The normalized spacial score (nSPS) is 10.5. The van der Waals surface area contributed by atoms with E-state index >= 15 is 0 Å². The highest BCUT2D eigenvalue weighted by Gasteiger charge is 2.10. The molecule has 0 saturated carbocycles. The second-order valence-electron chi connectivity index (χ2n) is 3.87. The summed E-state index contributed by atoms with van der Waals surface area (Å²) >= 11 is 0. The first-order valence-corrected chi connectivity index (χ1v) is 5.71. The zero-order chi connectivity index (χ0) is 12.8. The summed E-state index contributed by atoms with van der Waals surface area (Å²) in [5, 5.41) is 9.37. The Hall–Kier alpha value is -2.08. The molecular formula is C12H16N4O2. The molecule has 0 fully saturated rings. The number of H-pyrrole nitrogens is 1. The summed E-state index contributed by atoms with van der Waals surface area (Å²) in [7, 11) is 1.64. The molecule has 2 aromatic heterocycles. The lowest BCUT2D eigenvalue weighted by molar-refractivity contribution is 0.0939. The third-order valence-corrected chi connectivity index (χ3v) is 2.61. The van der Waals surface area contributed by atoms with Gasteiger partial charge in [-0.1, -0.05) is 0 Å². The van der Waals surface area contributed by atoms with Gasteiger partial charge in [-0.25, -0.2) is 0 Å². The Morgan fingerprint density at radius 3 is 3.22 bits per heavy atom. The van der Waals surface area contributed by atoms with Crippen LogP contribution >= 0.6 is 0 Å². The molecule has 0 spiro atoms. The predicted molar refractivity (Wildman–Crippen MR) is 66.1 cm³/mol. The fraction of sp³-hybridized carbons (Fsp3) is 0.333. The highest BCUT2D eigenvalue weighted by Crippen LogP contribution is 2.03. The summed E-state index contributed by atoms with van der Waals surface area (Å²) in [6.07, 6.45) is 5.31. The topological polar surface area (TPSA) is 71.9 Å². The zero-order valence-corrected chi connectivity index (χ0v) is 10.2. The first kappa shape index (κ1) is 12.4. The van der Waals surface area contributed by atoms with Crippen molar-refractivity contribution >= 4 is 5.91 Å². The van der Waals surface area contributed by atoms with Gasteiger partial charge in [-0.05, 0) is 12.1 Å². The number of carbonyl (C=O) groups is 1. The third-order valence-electron chi connectivity index (χ3n) is 2.61. The second-order valence-corrected chi connectivity index (χ2v) is 3.87. The molecule has 0 unspecified atom stereocenters. The van der Waals surface area contributed by atoms with Crippen LogP contribution in [0.4, 0.5) is 0 Å². The van der Waals surface area contributed by atoms with Crippen molar-refractivity contribution in [2.75, 3.05) is 13.7 Å². The lowest BCUT2D eigenvalue weighted by Crippen LogP contribution is -2.25. The molecule has 0 aliphatic carbocycles. The van der Waals surface area contributed by atoms with Gasteiger partial charge >= 0.3 is 0 Å². The van der Waals surface area contributed by atoms with Crippen molar-refractivity contribution in [2.45, 2.75) is 13.1 Å². The molecule has 0 aromatic carbocycles. The Morgan fingerprint density at radius 2 is 2.50 bits per heavy atom. The summed E-state index contributed by atoms with van der Waals surface area (Å²) < 4.78 is 6.87. The predicted octanol–water partition coefficient (Wildman–Crippen LogP) is 0.788. The van der Waals surface area contributed by atoms with Crippen molar-refractivity contribution in [2.24, 2.45) is 0 Å². The van der Waals surface area contributed by atoms with Crippen molar-refractivity contribution in [3.63, 3.8) is 0 Å². The number of nitrogens with zero attached hydrogens (tertiary/aromatic N) is 2. The van der Waals surface area contributed by atoms with Gasteiger partial charge in [0.25, 0.3) is 5.91 Å². The number of rotatable bonds is 6. The molecule has 2 aromatic rings. The molecule has 2 heterocycles. The monoisotopic (exact) mass is 248 g/mol. The van der Waals surface area contributed by atoms with Crippen LogP contribution in [0, 0.1) is 0 Å². The van der Waals surface area contributed by atoms with Gasteiger partial charge in [-0.2, -0.15) is 5.10 Å². The molecule has 1 amide bonds. The van der Waals surface area contributed by atoms with Gasteiger partial charge < -0.3 is 14.6 Å². The first-order chi connectivity index (χ1) is 8.81. The van der Waals surface area contributed by atoms with E-state index in [0.29, 0.717) is 25.4 Å². The van der Waals surface area contributed by atoms with Crippen LogP contribution in [0.1, 0.15) is 16.1 Å². The largest absolute Gasteiger partial charge is 0.383 e. The summed E-state index contributed by atoms with van der Waals surface area (Å²) in [6, 6.07) is 3.64. The van der Waals surface area contributed by atoms with E-state index in [4.69, 9.17) is 4.74 Å². The highest BCUT2D eigenvalue weighted by molar-refractivity contribution is 5.92. The van der Waals surface area contributed by atoms with E-state index in [9.17, 15) is 4.79 Å². The Bertz CT molecular complexity index is 490. The number of hydrogen-bond acceptors (Lipinski definition) is 3. The quantitative estimate of drug-likeness (QED) is 0.793. The standard InChI is InChI=1S/C12H16N4O2/c1-18-6-5-16-4-2-3-11(16)12(17)13-7-10-8-14-15-9-10/h2-4,8-9H,5-7H2,1H3,(H,13,17)(H,14,15). The SMILES string of the molecule is COCCn1cccc1C(=O)NCc1cn[nH]c1. The van der Waals surface area contributed by atoms with Gasteiger partial charge in [0.15, 0.2) is 0 Å². The van der Waals surface area contributed by atoms with Crippen LogP contribution in [-0.4, -0.2) is 34.4 Å². The van der Waals surface area contributed by atoms with Crippen molar-refractivity contribution in [1.29, 1.82) is 0 Å². The Balaban J connectivity index is 1.94. The van der Waals surface area contributed by atoms with Gasteiger partial charge in [0.1, 0.15) is 5.69 Å². The second kappa shape index (κ2) is 6.02. The maximum atomic E-state index is 12.0. The summed E-state index contributed by atoms with van der Waals surface area (Å²) in [4.78, 5) is 12.0. The van der Waals surface area contributed by atoms with Crippen LogP contribution in [0.3, 0.4) is 0 Å². The molecular weight excluding hydrogens is 232 g/mol. The fourth-order valence-electron chi connectivity index (χ4n) is 1.65. The number of carbonyl (C=O) groups excluding carboxylic acids is 1. The van der Waals surface area contributed by atoms with E-state index in [2.05, 4.69) is 15.5 Å². The van der Waals surface area contributed by atoms with Crippen LogP contribution in [0.2, 0.25) is 0 Å². The zero-order valence-electron chi connectivity index (χ0n) is 10.2. The molecule has 2 N–H and O–H groups in total. The Kier molecular flexibility index (Phi) is 4.14. The number of methoxy groups -OCH3 is 1. The van der Waals surface area contributed by atoms with Crippen LogP contribution in [0.25, 0.3) is 0 Å². The Morgan fingerprint density at radius 1 is 1.61 bits per heavy atom. The molecule has 0 aliphatic rings. The third kappa shape index (κ3) is 2.98. The fourth-order valence-corrected chi connectivity index (χ4v) is 1.65. The minimum Gasteiger partial charge on any atom is -0.383 e. The lowest BCUT2D eigenvalue weighted by atomic mass is 10.3. The molecule has 0 atom stereocenters. The number of hydrogen-bond donors (Lipinski definition) is 2. The van der Waals surface area contributed by atoms with Gasteiger partial charge in [-0.3, -0.25) is 9.89 Å². The summed E-state index contributed by atoms with van der Waals surface area (Å²) in [6.45, 7) is 1.71. The number of aromatic amines is 1. The van der Waals surface area contributed by atoms with Crippen molar-refractivity contribution < 1.29 is 9.53 Å². The average molecular weight is 248 g/mol. The van der Waals surface area contributed by atoms with Crippen molar-refractivity contribution in [3.8, 4) is 0 Å². The van der Waals surface area contributed by atoms with E-state index < -0.39 is 0 Å². The van der Waals surface area contributed by atoms with Gasteiger partial charge in [0, 0.05) is 38.2 Å². The minimum atomic E-state index is -0.0997. The van der Waals surface area contributed by atoms with Crippen LogP contribution in [0.5, 0.6) is 0 Å². The van der Waals surface area contributed by atoms with E-state index in [1.54, 1.807) is 25.6 Å². The van der Waals surface area contributed by atoms with Gasteiger partial charge in [0.05, 0.1) is 12.8 Å². The van der Waals surface area contributed by atoms with Crippen LogP contribution in [-0.2, 0) is 17.8 Å². The number of amides is 1. The minimum absolute atomic E-state index is 0.0997. The maximum absolute atomic E-state index is 12.0. The Labute approximate surface area is 105 Å². The number of aromatic nitrogens is 3. The molecule has 0 radical (unpaired) electrons. The van der Waals surface area contributed by atoms with E-state index in [1.807, 2.05) is 16.8 Å². The molecule has 0 saturated heterocycles. The van der Waals surface area contributed by atoms with E-state index in [1.165, 1.54) is 0 Å². The molecule has 2 rings (SSSR count). The van der Waals surface area contributed by atoms with Crippen LogP contribution < -0.4 is 5.32 Å². The first-order valence-electron chi connectivity index (χ1n) is 5.71. The van der Waals surface area contributed by atoms with Crippen molar-refractivity contribution in [3.05, 3.63) is 42.0 Å². The molecule has 18 heavy (non-hydrogen) atoms. The number of nitrogens with one attached hydrogen (secondary N) is 2. The summed E-state index contributed by atoms with van der Waals surface area (Å²) in [5.74, 6) is -0.0997. The lowest BCUT2D eigenvalue weighted by Gasteiger charge is -2.08. The van der Waals surface area contributed by atoms with Gasteiger partial charge in [0.2, 0.25) is 0 Å². The average Bonchev–Trinajstić information content (AvgIpc) is 3.04. The number of ether oxygens (including phenoxy) is 1. The van der Waals surface area contributed by atoms with Crippen LogP contribution in [0.15, 0.2) is 30.7 Å². The van der Waals surface area contributed by atoms with E-state index in [-0.39, 0.29) is 5.91 Å². The highest BCUT2D eigenvalue weighted by atomic mass is 16.5. The maximum Gasteiger partial charge on any atom is 0.268 e. The van der Waals surface area contributed by atoms with Gasteiger partial charge in [-0.15, -0.1) is 0 Å². The molecule has 6 heteroatoms. The summed E-state index contributed by atoms with van der Waals surface area (Å²) in [5.41, 5.74) is 1.58. The van der Waals surface area contributed by atoms with Crippen molar-refractivity contribution in [1.82, 2.24) is 20.1 Å². The smallest absolute Gasteiger partial charge is 0.268 e. The molecule has 6 nitrogen and oxygen atoms in total.